The minimum atomic E-state index is -1.48. The molecule has 9 nitrogen and oxygen atoms in total. The van der Waals surface area contributed by atoms with Crippen molar-refractivity contribution in [3.8, 4) is 0 Å². The van der Waals surface area contributed by atoms with Crippen molar-refractivity contribution in [2.45, 2.75) is 55.7 Å². The van der Waals surface area contributed by atoms with Crippen LogP contribution in [-0.4, -0.2) is 65.3 Å². The first-order chi connectivity index (χ1) is 13.1. The minimum Gasteiger partial charge on any atom is -0.346 e. The van der Waals surface area contributed by atoms with Crippen LogP contribution >= 0.6 is 0 Å². The van der Waals surface area contributed by atoms with Gasteiger partial charge >= 0.3 is 6.03 Å². The molecule has 2 bridgehead atoms. The van der Waals surface area contributed by atoms with Crippen LogP contribution in [-0.2, 0) is 9.53 Å². The molecule has 4 atom stereocenters. The molecule has 1 aromatic heterocycles. The maximum Gasteiger partial charge on any atom is 0.330 e. The number of urea groups is 1. The molecular weight excluding hydrogens is 348 g/mol. The molecule has 0 spiro atoms. The fraction of sp³-hybridized carbons (Fsp3) is 0.556. The molecule has 2 N–H and O–H groups in total. The van der Waals surface area contributed by atoms with Gasteiger partial charge in [0.1, 0.15) is 0 Å². The number of ether oxygens (including phenoxy) is 1. The van der Waals surface area contributed by atoms with Gasteiger partial charge in [-0.15, -0.1) is 0 Å². The summed E-state index contributed by atoms with van der Waals surface area (Å²) in [6, 6.07) is 4.20. The molecule has 4 aliphatic rings. The lowest BCUT2D eigenvalue weighted by Crippen LogP contribution is -2.73. The van der Waals surface area contributed by atoms with Crippen molar-refractivity contribution in [2.75, 3.05) is 12.0 Å². The molecule has 9 heteroatoms. The second-order valence-corrected chi connectivity index (χ2v) is 7.57. The lowest BCUT2D eigenvalue weighted by Gasteiger charge is -2.48. The van der Waals surface area contributed by atoms with E-state index in [1.165, 1.54) is 12.0 Å². The average molecular weight is 370 g/mol. The molecule has 3 fully saturated rings. The predicted octanol–water partition coefficient (Wildman–Crippen LogP) is 0.433. The Balaban J connectivity index is 1.56. The molecule has 3 saturated heterocycles. The van der Waals surface area contributed by atoms with E-state index < -0.39 is 23.8 Å². The Morgan fingerprint density at radius 1 is 1.26 bits per heavy atom. The Hall–Kier alpha value is -2.52. The van der Waals surface area contributed by atoms with Gasteiger partial charge < -0.3 is 15.0 Å². The Kier molecular flexibility index (Phi) is 3.70. The van der Waals surface area contributed by atoms with Gasteiger partial charge in [0.05, 0.1) is 18.2 Å². The molecule has 4 aliphatic heterocycles. The number of pyridine rings is 1. The number of piperidine rings is 1. The standard InChI is InChI=1S/C18H22N6O3/c1-27-18-15(25)22-17(26)24(13-3-2-6-19-9-13)16(18)23(10-20-18)14-7-11-4-5-12(8-14)21-11/h2-3,6,9-12,14,16,21H,4-5,7-8H2,1H3,(H,22,25,26). The molecule has 5 rings (SSSR count). The van der Waals surface area contributed by atoms with Gasteiger partial charge in [-0.05, 0) is 37.8 Å². The van der Waals surface area contributed by atoms with Gasteiger partial charge in [0.2, 0.25) is 0 Å². The highest BCUT2D eigenvalue weighted by Crippen LogP contribution is 2.40. The minimum absolute atomic E-state index is 0.187. The number of rotatable bonds is 3. The van der Waals surface area contributed by atoms with Gasteiger partial charge in [0.25, 0.3) is 11.6 Å². The van der Waals surface area contributed by atoms with Crippen molar-refractivity contribution < 1.29 is 14.3 Å². The SMILES string of the molecule is COC12N=CN(C3CC4CCC(C3)N4)C1N(c1cccnc1)C(=O)NC2=O. The fourth-order valence-corrected chi connectivity index (χ4v) is 4.90. The maximum atomic E-state index is 12.8. The van der Waals surface area contributed by atoms with Crippen molar-refractivity contribution in [3.63, 3.8) is 0 Å². The van der Waals surface area contributed by atoms with Crippen molar-refractivity contribution in [2.24, 2.45) is 4.99 Å². The molecule has 1 aromatic rings. The quantitative estimate of drug-likeness (QED) is 0.801. The van der Waals surface area contributed by atoms with Crippen LogP contribution < -0.4 is 15.5 Å². The zero-order valence-electron chi connectivity index (χ0n) is 15.0. The summed E-state index contributed by atoms with van der Waals surface area (Å²) in [6.07, 6.45) is 8.51. The number of hydrogen-bond donors (Lipinski definition) is 2. The van der Waals surface area contributed by atoms with E-state index in [0.717, 1.165) is 25.7 Å². The molecule has 142 valence electrons. The number of nitrogens with zero attached hydrogens (tertiary/aromatic N) is 4. The van der Waals surface area contributed by atoms with E-state index in [9.17, 15) is 9.59 Å². The summed E-state index contributed by atoms with van der Waals surface area (Å²) < 4.78 is 5.62. The summed E-state index contributed by atoms with van der Waals surface area (Å²) in [7, 11) is 1.46. The van der Waals surface area contributed by atoms with Crippen LogP contribution in [0.1, 0.15) is 25.7 Å². The summed E-state index contributed by atoms with van der Waals surface area (Å²) >= 11 is 0. The molecule has 0 radical (unpaired) electrons. The van der Waals surface area contributed by atoms with E-state index in [4.69, 9.17) is 4.74 Å². The number of hydrogen-bond acceptors (Lipinski definition) is 7. The average Bonchev–Trinajstić information content (AvgIpc) is 3.23. The Morgan fingerprint density at radius 3 is 2.70 bits per heavy atom. The second-order valence-electron chi connectivity index (χ2n) is 7.57. The van der Waals surface area contributed by atoms with Crippen LogP contribution in [0.4, 0.5) is 10.5 Å². The number of carbonyl (C=O) groups is 2. The second kappa shape index (κ2) is 6.00. The highest BCUT2D eigenvalue weighted by Gasteiger charge is 2.61. The fourth-order valence-electron chi connectivity index (χ4n) is 4.90. The van der Waals surface area contributed by atoms with Gasteiger partial charge in [-0.1, -0.05) is 0 Å². The summed E-state index contributed by atoms with van der Waals surface area (Å²) in [4.78, 5) is 37.7. The summed E-state index contributed by atoms with van der Waals surface area (Å²) in [5.41, 5.74) is -0.880. The first kappa shape index (κ1) is 16.6. The van der Waals surface area contributed by atoms with Gasteiger partial charge in [0.15, 0.2) is 6.17 Å². The summed E-state index contributed by atoms with van der Waals surface area (Å²) in [6.45, 7) is 0. The molecule has 0 aliphatic carbocycles. The van der Waals surface area contributed by atoms with Crippen LogP contribution in [0.15, 0.2) is 29.5 Å². The van der Waals surface area contributed by atoms with Crippen molar-refractivity contribution in [1.29, 1.82) is 0 Å². The third kappa shape index (κ3) is 2.38. The highest BCUT2D eigenvalue weighted by molar-refractivity contribution is 6.11. The Bertz CT molecular complexity index is 790. The summed E-state index contributed by atoms with van der Waals surface area (Å²) in [5.74, 6) is -0.532. The lowest BCUT2D eigenvalue weighted by molar-refractivity contribution is -0.148. The number of nitrogens with one attached hydrogen (secondary N) is 2. The normalized spacial score (nSPS) is 37.5. The van der Waals surface area contributed by atoms with Crippen molar-refractivity contribution in [1.82, 2.24) is 20.5 Å². The van der Waals surface area contributed by atoms with Gasteiger partial charge in [-0.25, -0.2) is 9.79 Å². The van der Waals surface area contributed by atoms with E-state index in [0.29, 0.717) is 17.8 Å². The third-order valence-electron chi connectivity index (χ3n) is 6.13. The number of methoxy groups -OCH3 is 1. The van der Waals surface area contributed by atoms with Gasteiger partial charge in [0, 0.05) is 31.4 Å². The number of carbonyl (C=O) groups excluding carboxylic acids is 2. The summed E-state index contributed by atoms with van der Waals surface area (Å²) in [5, 5.41) is 6.01. The molecule has 5 heterocycles. The predicted molar refractivity (Wildman–Crippen MR) is 97.1 cm³/mol. The maximum absolute atomic E-state index is 12.8. The highest BCUT2D eigenvalue weighted by atomic mass is 16.5. The van der Waals surface area contributed by atoms with E-state index in [-0.39, 0.29) is 6.04 Å². The van der Waals surface area contributed by atoms with E-state index in [1.54, 1.807) is 30.9 Å². The topological polar surface area (TPSA) is 99.2 Å². The zero-order valence-corrected chi connectivity index (χ0v) is 15.0. The number of anilines is 1. The van der Waals surface area contributed by atoms with E-state index in [2.05, 4.69) is 20.6 Å². The Labute approximate surface area is 156 Å². The molecule has 4 unspecified atom stereocenters. The first-order valence-corrected chi connectivity index (χ1v) is 9.31. The van der Waals surface area contributed by atoms with Crippen LogP contribution in [0.5, 0.6) is 0 Å². The number of imide groups is 1. The first-order valence-electron chi connectivity index (χ1n) is 9.31. The van der Waals surface area contributed by atoms with E-state index in [1.807, 2.05) is 4.90 Å². The molecule has 27 heavy (non-hydrogen) atoms. The molecule has 3 amide bonds. The number of amides is 3. The smallest absolute Gasteiger partial charge is 0.330 e. The number of fused-ring (bicyclic) bond motifs is 3. The Morgan fingerprint density at radius 2 is 2.04 bits per heavy atom. The van der Waals surface area contributed by atoms with Gasteiger partial charge in [-0.2, -0.15) is 0 Å². The molecule has 0 aromatic carbocycles. The zero-order chi connectivity index (χ0) is 18.6. The largest absolute Gasteiger partial charge is 0.346 e. The number of aromatic nitrogens is 1. The van der Waals surface area contributed by atoms with Gasteiger partial charge in [-0.3, -0.25) is 20.0 Å². The third-order valence-corrected chi connectivity index (χ3v) is 6.13. The van der Waals surface area contributed by atoms with Crippen molar-refractivity contribution in [3.05, 3.63) is 24.5 Å². The molecule has 0 saturated carbocycles. The van der Waals surface area contributed by atoms with Crippen LogP contribution in [0.25, 0.3) is 0 Å². The lowest BCUT2D eigenvalue weighted by atomic mass is 9.96. The van der Waals surface area contributed by atoms with Crippen LogP contribution in [0, 0.1) is 0 Å². The van der Waals surface area contributed by atoms with Crippen molar-refractivity contribution >= 4 is 24.0 Å². The number of aliphatic imine (C=N–C) groups is 1. The van der Waals surface area contributed by atoms with Crippen LogP contribution in [0.2, 0.25) is 0 Å². The van der Waals surface area contributed by atoms with E-state index >= 15 is 0 Å². The van der Waals surface area contributed by atoms with Crippen LogP contribution in [0.3, 0.4) is 0 Å². The molecular formula is C18H22N6O3. The monoisotopic (exact) mass is 370 g/mol.